The van der Waals surface area contributed by atoms with E-state index in [9.17, 15) is 4.79 Å². The molecule has 3 atom stereocenters. The lowest BCUT2D eigenvalue weighted by atomic mass is 10.1. The summed E-state index contributed by atoms with van der Waals surface area (Å²) in [7, 11) is 1.50. The number of fused-ring (bicyclic) bond motifs is 1. The van der Waals surface area contributed by atoms with E-state index in [2.05, 4.69) is 10.2 Å². The summed E-state index contributed by atoms with van der Waals surface area (Å²) < 4.78 is 4.81. The van der Waals surface area contributed by atoms with Gasteiger partial charge in [0, 0.05) is 19.6 Å². The molecule has 0 bridgehead atoms. The van der Waals surface area contributed by atoms with Gasteiger partial charge in [-0.1, -0.05) is 0 Å². The number of piperidine rings is 1. The zero-order valence-electron chi connectivity index (χ0n) is 9.82. The standard InChI is InChI=1S/C12H20N2O2/c1-16-12(15)11-9-6-14(7-10(9)11)5-8-2-3-13-4-8/h8-11,13H,2-7H2,1H3. The maximum absolute atomic E-state index is 11.4. The molecule has 1 aliphatic carbocycles. The van der Waals surface area contributed by atoms with E-state index >= 15 is 0 Å². The smallest absolute Gasteiger partial charge is 0.309 e. The normalized spacial score (nSPS) is 42.1. The van der Waals surface area contributed by atoms with E-state index in [1.807, 2.05) is 0 Å². The quantitative estimate of drug-likeness (QED) is 0.682. The van der Waals surface area contributed by atoms with Crippen molar-refractivity contribution < 1.29 is 9.53 Å². The molecule has 0 aromatic rings. The van der Waals surface area contributed by atoms with Gasteiger partial charge in [0.05, 0.1) is 13.0 Å². The Balaban J connectivity index is 1.46. The topological polar surface area (TPSA) is 41.6 Å². The van der Waals surface area contributed by atoms with Gasteiger partial charge < -0.3 is 15.0 Å². The predicted molar refractivity (Wildman–Crippen MR) is 59.9 cm³/mol. The third-order valence-corrected chi connectivity index (χ3v) is 4.42. The fraction of sp³-hybridized carbons (Fsp3) is 0.917. The lowest BCUT2D eigenvalue weighted by Gasteiger charge is -2.22. The average molecular weight is 224 g/mol. The van der Waals surface area contributed by atoms with Gasteiger partial charge in [-0.3, -0.25) is 4.79 Å². The van der Waals surface area contributed by atoms with Gasteiger partial charge in [-0.2, -0.15) is 0 Å². The van der Waals surface area contributed by atoms with Gasteiger partial charge >= 0.3 is 5.97 Å². The number of hydrogen-bond donors (Lipinski definition) is 1. The van der Waals surface area contributed by atoms with Crippen LogP contribution >= 0.6 is 0 Å². The van der Waals surface area contributed by atoms with Crippen LogP contribution < -0.4 is 5.32 Å². The lowest BCUT2D eigenvalue weighted by molar-refractivity contribution is -0.143. The van der Waals surface area contributed by atoms with Crippen LogP contribution in [0.3, 0.4) is 0 Å². The number of ether oxygens (including phenoxy) is 1. The van der Waals surface area contributed by atoms with Crippen LogP contribution in [0.1, 0.15) is 6.42 Å². The van der Waals surface area contributed by atoms with Crippen molar-refractivity contribution in [2.45, 2.75) is 6.42 Å². The van der Waals surface area contributed by atoms with Crippen LogP contribution in [0.4, 0.5) is 0 Å². The first kappa shape index (κ1) is 10.5. The highest BCUT2D eigenvalue weighted by Gasteiger charge is 2.60. The first-order chi connectivity index (χ1) is 7.79. The van der Waals surface area contributed by atoms with Gasteiger partial charge in [0.25, 0.3) is 0 Å². The van der Waals surface area contributed by atoms with E-state index in [4.69, 9.17) is 4.74 Å². The van der Waals surface area contributed by atoms with Crippen molar-refractivity contribution in [3.05, 3.63) is 0 Å². The summed E-state index contributed by atoms with van der Waals surface area (Å²) in [5.74, 6) is 2.26. The van der Waals surface area contributed by atoms with Crippen LogP contribution in [-0.2, 0) is 9.53 Å². The minimum Gasteiger partial charge on any atom is -0.469 e. The summed E-state index contributed by atoms with van der Waals surface area (Å²) in [5, 5.41) is 3.40. The summed E-state index contributed by atoms with van der Waals surface area (Å²) in [4.78, 5) is 13.9. The first-order valence-corrected chi connectivity index (χ1v) is 6.30. The molecule has 90 valence electrons. The van der Waals surface area contributed by atoms with Crippen molar-refractivity contribution in [3.8, 4) is 0 Å². The number of carbonyl (C=O) groups is 1. The second-order valence-electron chi connectivity index (χ2n) is 5.45. The first-order valence-electron chi connectivity index (χ1n) is 6.30. The Morgan fingerprint density at radius 3 is 2.75 bits per heavy atom. The van der Waals surface area contributed by atoms with Crippen LogP contribution in [0.5, 0.6) is 0 Å². The number of methoxy groups -OCH3 is 1. The predicted octanol–water partition coefficient (Wildman–Crippen LogP) is -0.0533. The molecule has 4 heteroatoms. The highest BCUT2D eigenvalue weighted by atomic mass is 16.5. The molecule has 0 amide bonds. The summed E-state index contributed by atoms with van der Waals surface area (Å²) >= 11 is 0. The second kappa shape index (κ2) is 4.00. The molecular formula is C12H20N2O2. The third-order valence-electron chi connectivity index (χ3n) is 4.42. The Hall–Kier alpha value is -0.610. The monoisotopic (exact) mass is 224 g/mol. The SMILES string of the molecule is COC(=O)C1C2CN(CC3CCNC3)CC21. The van der Waals surface area contributed by atoms with Crippen molar-refractivity contribution in [3.63, 3.8) is 0 Å². The molecule has 16 heavy (non-hydrogen) atoms. The number of carbonyl (C=O) groups excluding carboxylic acids is 1. The van der Waals surface area contributed by atoms with Crippen molar-refractivity contribution in [2.75, 3.05) is 39.8 Å². The third kappa shape index (κ3) is 1.74. The maximum Gasteiger partial charge on any atom is 0.309 e. The molecule has 2 aliphatic heterocycles. The molecule has 0 spiro atoms. The van der Waals surface area contributed by atoms with Crippen LogP contribution in [0.25, 0.3) is 0 Å². The molecule has 3 fully saturated rings. The van der Waals surface area contributed by atoms with Crippen LogP contribution in [0, 0.1) is 23.7 Å². The highest BCUT2D eigenvalue weighted by Crippen LogP contribution is 2.52. The second-order valence-corrected chi connectivity index (χ2v) is 5.45. The van der Waals surface area contributed by atoms with Crippen molar-refractivity contribution in [2.24, 2.45) is 23.7 Å². The van der Waals surface area contributed by atoms with Crippen molar-refractivity contribution >= 4 is 5.97 Å². The fourth-order valence-corrected chi connectivity index (χ4v) is 3.48. The number of rotatable bonds is 3. The van der Waals surface area contributed by atoms with Crippen LogP contribution in [-0.4, -0.2) is 50.7 Å². The molecule has 0 radical (unpaired) electrons. The fourth-order valence-electron chi connectivity index (χ4n) is 3.48. The molecule has 0 aromatic carbocycles. The molecule has 3 aliphatic rings. The van der Waals surface area contributed by atoms with Gasteiger partial charge in [-0.25, -0.2) is 0 Å². The van der Waals surface area contributed by atoms with Crippen molar-refractivity contribution in [1.82, 2.24) is 10.2 Å². The minimum atomic E-state index is 0.0113. The zero-order chi connectivity index (χ0) is 11.1. The summed E-state index contributed by atoms with van der Waals surface area (Å²) in [5.41, 5.74) is 0. The lowest BCUT2D eigenvalue weighted by Crippen LogP contribution is -2.32. The van der Waals surface area contributed by atoms with Gasteiger partial charge in [0.15, 0.2) is 0 Å². The molecule has 3 unspecified atom stereocenters. The van der Waals surface area contributed by atoms with Gasteiger partial charge in [0.1, 0.15) is 0 Å². The van der Waals surface area contributed by atoms with E-state index in [-0.39, 0.29) is 11.9 Å². The number of hydrogen-bond acceptors (Lipinski definition) is 4. The van der Waals surface area contributed by atoms with E-state index in [0.29, 0.717) is 11.8 Å². The van der Waals surface area contributed by atoms with E-state index in [1.54, 1.807) is 0 Å². The summed E-state index contributed by atoms with van der Waals surface area (Å²) in [6, 6.07) is 0. The van der Waals surface area contributed by atoms with E-state index in [1.165, 1.54) is 33.2 Å². The minimum absolute atomic E-state index is 0.0113. The Kier molecular flexibility index (Phi) is 2.64. The highest BCUT2D eigenvalue weighted by molar-refractivity contribution is 5.76. The van der Waals surface area contributed by atoms with Gasteiger partial charge in [0.2, 0.25) is 0 Å². The van der Waals surface area contributed by atoms with Crippen LogP contribution in [0.2, 0.25) is 0 Å². The average Bonchev–Trinajstić information content (AvgIpc) is 2.74. The van der Waals surface area contributed by atoms with Gasteiger partial charge in [-0.15, -0.1) is 0 Å². The molecule has 2 saturated heterocycles. The number of nitrogens with one attached hydrogen (secondary N) is 1. The van der Waals surface area contributed by atoms with Crippen molar-refractivity contribution in [1.29, 1.82) is 0 Å². The zero-order valence-corrected chi connectivity index (χ0v) is 9.82. The van der Waals surface area contributed by atoms with Gasteiger partial charge in [-0.05, 0) is 37.3 Å². The summed E-state index contributed by atoms with van der Waals surface area (Å²) in [6.45, 7) is 5.79. The van der Waals surface area contributed by atoms with Crippen LogP contribution in [0.15, 0.2) is 0 Å². The molecule has 2 heterocycles. The Morgan fingerprint density at radius 2 is 2.19 bits per heavy atom. The molecule has 4 nitrogen and oxygen atoms in total. The summed E-state index contributed by atoms with van der Waals surface area (Å²) in [6.07, 6.45) is 1.31. The molecule has 0 aromatic heterocycles. The Morgan fingerprint density at radius 1 is 1.44 bits per heavy atom. The molecule has 1 N–H and O–H groups in total. The Bertz CT molecular complexity index is 277. The number of nitrogens with zero attached hydrogens (tertiary/aromatic N) is 1. The number of esters is 1. The van der Waals surface area contributed by atoms with E-state index < -0.39 is 0 Å². The Labute approximate surface area is 96.3 Å². The molecule has 3 rings (SSSR count). The maximum atomic E-state index is 11.4. The number of likely N-dealkylation sites (tertiary alicyclic amines) is 1. The largest absolute Gasteiger partial charge is 0.469 e. The molecular weight excluding hydrogens is 204 g/mol. The van der Waals surface area contributed by atoms with E-state index in [0.717, 1.165) is 19.0 Å². The molecule has 1 saturated carbocycles.